The van der Waals surface area contributed by atoms with E-state index in [1.54, 1.807) is 0 Å². The van der Waals surface area contributed by atoms with Crippen molar-refractivity contribution >= 4 is 44.7 Å². The summed E-state index contributed by atoms with van der Waals surface area (Å²) in [5.74, 6) is 0. The van der Waals surface area contributed by atoms with E-state index in [9.17, 15) is 26.4 Å². The van der Waals surface area contributed by atoms with Gasteiger partial charge >= 0.3 is 12.2 Å². The van der Waals surface area contributed by atoms with Gasteiger partial charge in [0.05, 0.1) is 28.9 Å². The van der Waals surface area contributed by atoms with E-state index in [2.05, 4.69) is 4.72 Å². The van der Waals surface area contributed by atoms with Crippen LogP contribution in [-0.4, -0.2) is 20.7 Å². The van der Waals surface area contributed by atoms with Crippen LogP contribution in [0.3, 0.4) is 0 Å². The molecule has 0 spiro atoms. The summed E-state index contributed by atoms with van der Waals surface area (Å²) in [5.41, 5.74) is 3.93. The zero-order valence-corrected chi connectivity index (χ0v) is 14.8. The summed E-state index contributed by atoms with van der Waals surface area (Å²) >= 11 is 5.89. The fraction of sp³-hybridized carbons (Fsp3) is 0.133. The van der Waals surface area contributed by atoms with Crippen molar-refractivity contribution in [1.82, 2.24) is 0 Å². The number of anilines is 3. The number of halogens is 4. The highest BCUT2D eigenvalue weighted by molar-refractivity contribution is 7.92. The number of sulfonamides is 1. The van der Waals surface area contributed by atoms with Gasteiger partial charge < -0.3 is 5.73 Å². The number of hydrogen-bond acceptors (Lipinski definition) is 3. The molecule has 0 unspecified atom stereocenters. The first-order valence-electron chi connectivity index (χ1n) is 6.92. The Morgan fingerprint density at radius 2 is 1.85 bits per heavy atom. The maximum absolute atomic E-state index is 13.0. The average Bonchev–Trinajstić information content (AvgIpc) is 2.48. The van der Waals surface area contributed by atoms with Gasteiger partial charge in [0.15, 0.2) is 0 Å². The summed E-state index contributed by atoms with van der Waals surface area (Å²) in [6.07, 6.45) is -3.76. The Kier molecular flexibility index (Phi) is 5.38. The number of alkyl halides is 3. The number of carbonyl (C=O) groups is 1. The second-order valence-corrected chi connectivity index (χ2v) is 7.44. The van der Waals surface area contributed by atoms with Crippen LogP contribution >= 0.6 is 11.6 Å². The normalized spacial score (nSPS) is 11.9. The Labute approximate surface area is 152 Å². The van der Waals surface area contributed by atoms with Gasteiger partial charge in [0.1, 0.15) is 0 Å². The highest BCUT2D eigenvalue weighted by Gasteiger charge is 2.31. The molecule has 0 aliphatic carbocycles. The molecule has 0 saturated carbocycles. The van der Waals surface area contributed by atoms with E-state index in [1.165, 1.54) is 24.3 Å². The molecule has 0 bridgehead atoms. The lowest BCUT2D eigenvalue weighted by molar-refractivity contribution is -0.137. The van der Waals surface area contributed by atoms with Crippen LogP contribution in [0.5, 0.6) is 0 Å². The maximum Gasteiger partial charge on any atom is 0.416 e. The molecule has 6 nitrogen and oxygen atoms in total. The number of carbonyl (C=O) groups excluding carboxylic acids is 1. The van der Waals surface area contributed by atoms with Gasteiger partial charge in [-0.15, -0.1) is 0 Å². The molecule has 0 saturated heterocycles. The lowest BCUT2D eigenvalue weighted by Crippen LogP contribution is -2.32. The fourth-order valence-electron chi connectivity index (χ4n) is 2.18. The summed E-state index contributed by atoms with van der Waals surface area (Å²) in [6.45, 7) is 0. The Bertz CT molecular complexity index is 949. The molecular weight excluding hydrogens is 395 g/mol. The minimum Gasteiger partial charge on any atom is -0.351 e. The van der Waals surface area contributed by atoms with Crippen molar-refractivity contribution in [2.24, 2.45) is 5.73 Å². The van der Waals surface area contributed by atoms with E-state index in [0.717, 1.165) is 29.4 Å². The molecule has 11 heteroatoms. The zero-order valence-electron chi connectivity index (χ0n) is 13.2. The monoisotopic (exact) mass is 407 g/mol. The van der Waals surface area contributed by atoms with Crippen LogP contribution in [-0.2, 0) is 16.2 Å². The Morgan fingerprint density at radius 1 is 1.19 bits per heavy atom. The topological polar surface area (TPSA) is 92.5 Å². The van der Waals surface area contributed by atoms with Crippen LogP contribution < -0.4 is 15.4 Å². The number of nitrogens with two attached hydrogens (primary N) is 1. The lowest BCUT2D eigenvalue weighted by Gasteiger charge is -2.24. The first-order valence-corrected chi connectivity index (χ1v) is 9.19. The van der Waals surface area contributed by atoms with E-state index in [0.29, 0.717) is 0 Å². The van der Waals surface area contributed by atoms with Gasteiger partial charge in [0, 0.05) is 5.02 Å². The molecule has 3 N–H and O–H groups in total. The number of urea groups is 1. The predicted octanol–water partition coefficient (Wildman–Crippen LogP) is 3.95. The van der Waals surface area contributed by atoms with Crippen molar-refractivity contribution in [2.75, 3.05) is 15.9 Å². The van der Waals surface area contributed by atoms with Gasteiger partial charge in [-0.05, 0) is 36.4 Å². The first kappa shape index (κ1) is 19.9. The van der Waals surface area contributed by atoms with Gasteiger partial charge in [-0.25, -0.2) is 13.2 Å². The van der Waals surface area contributed by atoms with E-state index in [-0.39, 0.29) is 22.1 Å². The number of benzene rings is 2. The minimum atomic E-state index is -4.64. The molecule has 2 aromatic rings. The van der Waals surface area contributed by atoms with Crippen LogP contribution in [0.1, 0.15) is 5.56 Å². The van der Waals surface area contributed by atoms with Crippen LogP contribution in [0, 0.1) is 0 Å². The number of rotatable bonds is 4. The first-order chi connectivity index (χ1) is 11.9. The largest absolute Gasteiger partial charge is 0.416 e. The van der Waals surface area contributed by atoms with Gasteiger partial charge in [-0.2, -0.15) is 13.2 Å². The van der Waals surface area contributed by atoms with Crippen molar-refractivity contribution in [2.45, 2.75) is 6.18 Å². The third kappa shape index (κ3) is 4.79. The van der Waals surface area contributed by atoms with E-state index in [1.807, 2.05) is 0 Å². The van der Waals surface area contributed by atoms with E-state index in [4.69, 9.17) is 17.3 Å². The van der Waals surface area contributed by atoms with Crippen LogP contribution in [0.15, 0.2) is 42.5 Å². The van der Waals surface area contributed by atoms with Gasteiger partial charge in [-0.1, -0.05) is 17.7 Å². The second-order valence-electron chi connectivity index (χ2n) is 5.26. The van der Waals surface area contributed by atoms with Crippen molar-refractivity contribution in [3.05, 3.63) is 53.1 Å². The second kappa shape index (κ2) is 7.04. The summed E-state index contributed by atoms with van der Waals surface area (Å²) in [4.78, 5) is 12.7. The maximum atomic E-state index is 13.0. The van der Waals surface area contributed by atoms with Crippen LogP contribution in [0.4, 0.5) is 35.0 Å². The minimum absolute atomic E-state index is 0.0758. The highest BCUT2D eigenvalue weighted by atomic mass is 35.5. The molecule has 0 radical (unpaired) electrons. The molecule has 0 heterocycles. The van der Waals surface area contributed by atoms with Crippen molar-refractivity contribution in [3.8, 4) is 0 Å². The highest BCUT2D eigenvalue weighted by Crippen LogP contribution is 2.37. The van der Waals surface area contributed by atoms with Gasteiger partial charge in [-0.3, -0.25) is 9.62 Å². The molecule has 0 fully saturated rings. The molecule has 0 aliphatic rings. The summed E-state index contributed by atoms with van der Waals surface area (Å²) in [6, 6.07) is 6.58. The number of primary amides is 1. The molecule has 2 rings (SSSR count). The van der Waals surface area contributed by atoms with Crippen molar-refractivity contribution < 1.29 is 26.4 Å². The predicted molar refractivity (Wildman–Crippen MR) is 93.1 cm³/mol. The number of amides is 2. The quantitative estimate of drug-likeness (QED) is 0.803. The van der Waals surface area contributed by atoms with Crippen molar-refractivity contribution in [3.63, 3.8) is 0 Å². The molecule has 0 aliphatic heterocycles. The number of nitrogens with zero attached hydrogens (tertiary/aromatic N) is 1. The summed E-state index contributed by atoms with van der Waals surface area (Å²) < 4.78 is 64.1. The zero-order chi connectivity index (χ0) is 19.7. The molecule has 2 aromatic carbocycles. The standard InChI is InChI=1S/C15H13ClF3N3O3S/c1-26(24,25)21-12-6-5-10(16)8-13(12)22(14(20)23)11-4-2-3-9(7-11)15(17,18)19/h2-8,21H,1H3,(H2,20,23). The smallest absolute Gasteiger partial charge is 0.351 e. The molecule has 140 valence electrons. The van der Waals surface area contributed by atoms with Crippen molar-refractivity contribution in [1.29, 1.82) is 0 Å². The number of nitrogens with one attached hydrogen (secondary N) is 1. The van der Waals surface area contributed by atoms with Crippen LogP contribution in [0.25, 0.3) is 0 Å². The van der Waals surface area contributed by atoms with E-state index < -0.39 is 27.8 Å². The van der Waals surface area contributed by atoms with Gasteiger partial charge in [0.25, 0.3) is 0 Å². The van der Waals surface area contributed by atoms with Gasteiger partial charge in [0.2, 0.25) is 10.0 Å². The Hall–Kier alpha value is -2.46. The summed E-state index contributed by atoms with van der Waals surface area (Å²) in [7, 11) is -3.74. The molecule has 26 heavy (non-hydrogen) atoms. The SMILES string of the molecule is CS(=O)(=O)Nc1ccc(Cl)cc1N(C(N)=O)c1cccc(C(F)(F)F)c1. The van der Waals surface area contributed by atoms with Crippen LogP contribution in [0.2, 0.25) is 5.02 Å². The summed E-state index contributed by atoms with van der Waals surface area (Å²) in [5, 5.41) is 0.122. The molecule has 0 atom stereocenters. The average molecular weight is 408 g/mol. The van der Waals surface area contributed by atoms with E-state index >= 15 is 0 Å². The Morgan fingerprint density at radius 3 is 2.38 bits per heavy atom. The number of hydrogen-bond donors (Lipinski definition) is 2. The molecular formula is C15H13ClF3N3O3S. The molecule has 2 amide bonds. The Balaban J connectivity index is 2.66. The fourth-order valence-corrected chi connectivity index (χ4v) is 2.92. The lowest BCUT2D eigenvalue weighted by atomic mass is 10.1. The third-order valence-electron chi connectivity index (χ3n) is 3.15. The third-order valence-corrected chi connectivity index (χ3v) is 3.97. The molecule has 0 aromatic heterocycles.